The number of carbonyl (C=O) groups is 1. The Bertz CT molecular complexity index is 526. The summed E-state index contributed by atoms with van der Waals surface area (Å²) in [6.45, 7) is 7.81. The molecular weight excluding hydrogens is 300 g/mol. The molecule has 0 aliphatic carbocycles. The normalized spacial score (nSPS) is 21.6. The Morgan fingerprint density at radius 3 is 2.62 bits per heavy atom. The second kappa shape index (κ2) is 8.13. The van der Waals surface area contributed by atoms with Crippen LogP contribution in [0.15, 0.2) is 30.3 Å². The van der Waals surface area contributed by atoms with Crippen molar-refractivity contribution in [1.29, 1.82) is 0 Å². The third kappa shape index (κ3) is 3.98. The quantitative estimate of drug-likeness (QED) is 0.851. The number of likely N-dealkylation sites (N-methyl/N-ethyl adjacent to an activating group) is 1. The van der Waals surface area contributed by atoms with Crippen molar-refractivity contribution in [3.63, 3.8) is 0 Å². The number of hydrogen-bond donors (Lipinski definition) is 0. The SMILES string of the molecule is CCN1CCCN(C(=O)CCc2ccccc2)CC12CCOCC2. The molecular formula is C20H30N2O2. The second-order valence-electron chi connectivity index (χ2n) is 7.07. The van der Waals surface area contributed by atoms with E-state index in [0.717, 1.165) is 65.1 Å². The Morgan fingerprint density at radius 2 is 1.92 bits per heavy atom. The monoisotopic (exact) mass is 330 g/mol. The Balaban J connectivity index is 1.65. The maximum absolute atomic E-state index is 12.8. The number of hydrogen-bond acceptors (Lipinski definition) is 3. The van der Waals surface area contributed by atoms with Crippen molar-refractivity contribution in [2.45, 2.75) is 44.6 Å². The summed E-state index contributed by atoms with van der Waals surface area (Å²) in [4.78, 5) is 17.5. The van der Waals surface area contributed by atoms with E-state index in [1.165, 1.54) is 5.56 Å². The first-order valence-electron chi connectivity index (χ1n) is 9.38. The van der Waals surface area contributed by atoms with Gasteiger partial charge in [0.05, 0.1) is 0 Å². The molecule has 2 fully saturated rings. The summed E-state index contributed by atoms with van der Waals surface area (Å²) < 4.78 is 5.60. The van der Waals surface area contributed by atoms with Gasteiger partial charge < -0.3 is 9.64 Å². The molecule has 0 N–H and O–H groups in total. The highest BCUT2D eigenvalue weighted by Gasteiger charge is 2.41. The number of aryl methyl sites for hydroxylation is 1. The molecule has 0 radical (unpaired) electrons. The average molecular weight is 330 g/mol. The van der Waals surface area contributed by atoms with Gasteiger partial charge in [-0.05, 0) is 37.8 Å². The Hall–Kier alpha value is -1.39. The predicted molar refractivity (Wildman–Crippen MR) is 96.0 cm³/mol. The van der Waals surface area contributed by atoms with Crippen LogP contribution in [-0.2, 0) is 16.0 Å². The molecule has 1 amide bonds. The zero-order valence-corrected chi connectivity index (χ0v) is 14.9. The van der Waals surface area contributed by atoms with Crippen LogP contribution in [0.2, 0.25) is 0 Å². The van der Waals surface area contributed by atoms with Crippen molar-refractivity contribution >= 4 is 5.91 Å². The first-order chi connectivity index (χ1) is 11.7. The molecule has 0 bridgehead atoms. The molecule has 0 saturated carbocycles. The highest BCUT2D eigenvalue weighted by Crippen LogP contribution is 2.31. The summed E-state index contributed by atoms with van der Waals surface area (Å²) in [5.74, 6) is 0.308. The van der Waals surface area contributed by atoms with Crippen molar-refractivity contribution in [3.8, 4) is 0 Å². The molecule has 1 aromatic carbocycles. The number of nitrogens with zero attached hydrogens (tertiary/aromatic N) is 2. The van der Waals surface area contributed by atoms with Crippen LogP contribution in [0, 0.1) is 0 Å². The molecule has 24 heavy (non-hydrogen) atoms. The van der Waals surface area contributed by atoms with Gasteiger partial charge in [-0.2, -0.15) is 0 Å². The van der Waals surface area contributed by atoms with Crippen LogP contribution in [0.4, 0.5) is 0 Å². The van der Waals surface area contributed by atoms with Crippen molar-refractivity contribution < 1.29 is 9.53 Å². The molecule has 2 heterocycles. The van der Waals surface area contributed by atoms with E-state index in [-0.39, 0.29) is 5.54 Å². The highest BCUT2D eigenvalue weighted by molar-refractivity contribution is 5.76. The smallest absolute Gasteiger partial charge is 0.222 e. The molecule has 2 aliphatic heterocycles. The zero-order valence-electron chi connectivity index (χ0n) is 14.9. The van der Waals surface area contributed by atoms with Gasteiger partial charge in [0, 0.05) is 44.8 Å². The fourth-order valence-corrected chi connectivity index (χ4v) is 4.21. The van der Waals surface area contributed by atoms with E-state index in [9.17, 15) is 4.79 Å². The molecule has 132 valence electrons. The van der Waals surface area contributed by atoms with Crippen molar-refractivity contribution in [1.82, 2.24) is 9.80 Å². The van der Waals surface area contributed by atoms with Gasteiger partial charge in [-0.15, -0.1) is 0 Å². The summed E-state index contributed by atoms with van der Waals surface area (Å²) in [5, 5.41) is 0. The first-order valence-corrected chi connectivity index (χ1v) is 9.38. The highest BCUT2D eigenvalue weighted by atomic mass is 16.5. The lowest BCUT2D eigenvalue weighted by molar-refractivity contribution is -0.133. The zero-order chi connectivity index (χ0) is 16.8. The summed E-state index contributed by atoms with van der Waals surface area (Å²) in [6, 6.07) is 10.3. The number of amides is 1. The van der Waals surface area contributed by atoms with Crippen LogP contribution >= 0.6 is 0 Å². The summed E-state index contributed by atoms with van der Waals surface area (Å²) in [7, 11) is 0. The van der Waals surface area contributed by atoms with Gasteiger partial charge >= 0.3 is 0 Å². The van der Waals surface area contributed by atoms with Gasteiger partial charge in [0.15, 0.2) is 0 Å². The van der Waals surface area contributed by atoms with Gasteiger partial charge in [-0.3, -0.25) is 9.69 Å². The molecule has 2 saturated heterocycles. The minimum atomic E-state index is 0.131. The van der Waals surface area contributed by atoms with Crippen LogP contribution in [0.3, 0.4) is 0 Å². The largest absolute Gasteiger partial charge is 0.381 e. The average Bonchev–Trinajstić information content (AvgIpc) is 2.80. The summed E-state index contributed by atoms with van der Waals surface area (Å²) in [6.07, 6.45) is 4.62. The Kier molecular flexibility index (Phi) is 5.90. The van der Waals surface area contributed by atoms with Crippen LogP contribution in [0.5, 0.6) is 0 Å². The fraction of sp³-hybridized carbons (Fsp3) is 0.650. The molecule has 0 aromatic heterocycles. The lowest BCUT2D eigenvalue weighted by Crippen LogP contribution is -2.57. The standard InChI is InChI=1S/C20H30N2O2/c1-2-22-14-6-13-21(17-20(22)11-15-24-16-12-20)19(23)10-9-18-7-4-3-5-8-18/h3-5,7-8H,2,6,9-17H2,1H3. The third-order valence-electron chi connectivity index (χ3n) is 5.64. The maximum atomic E-state index is 12.8. The lowest BCUT2D eigenvalue weighted by Gasteiger charge is -2.46. The molecule has 2 aliphatic rings. The lowest BCUT2D eigenvalue weighted by atomic mass is 9.87. The van der Waals surface area contributed by atoms with E-state index in [1.54, 1.807) is 0 Å². The predicted octanol–water partition coefficient (Wildman–Crippen LogP) is 2.72. The molecule has 4 nitrogen and oxygen atoms in total. The molecule has 3 rings (SSSR count). The topological polar surface area (TPSA) is 32.8 Å². The Labute approximate surface area is 145 Å². The van der Waals surface area contributed by atoms with E-state index in [2.05, 4.69) is 28.9 Å². The number of benzene rings is 1. The van der Waals surface area contributed by atoms with Gasteiger partial charge in [-0.25, -0.2) is 0 Å². The number of rotatable bonds is 4. The van der Waals surface area contributed by atoms with Crippen molar-refractivity contribution in [3.05, 3.63) is 35.9 Å². The molecule has 0 atom stereocenters. The molecule has 1 spiro atoms. The number of ether oxygens (including phenoxy) is 1. The molecule has 1 aromatic rings. The maximum Gasteiger partial charge on any atom is 0.222 e. The van der Waals surface area contributed by atoms with Crippen LogP contribution in [-0.4, -0.2) is 60.6 Å². The Morgan fingerprint density at radius 1 is 1.17 bits per heavy atom. The van der Waals surface area contributed by atoms with Gasteiger partial charge in [-0.1, -0.05) is 37.3 Å². The van der Waals surface area contributed by atoms with E-state index < -0.39 is 0 Å². The molecule has 0 unspecified atom stereocenters. The number of carbonyl (C=O) groups excluding carboxylic acids is 1. The molecule has 4 heteroatoms. The summed E-state index contributed by atoms with van der Waals surface area (Å²) >= 11 is 0. The van der Waals surface area contributed by atoms with Gasteiger partial charge in [0.2, 0.25) is 5.91 Å². The van der Waals surface area contributed by atoms with Crippen molar-refractivity contribution in [2.75, 3.05) is 39.4 Å². The van der Waals surface area contributed by atoms with Gasteiger partial charge in [0.25, 0.3) is 0 Å². The van der Waals surface area contributed by atoms with Crippen LogP contribution in [0.25, 0.3) is 0 Å². The second-order valence-corrected chi connectivity index (χ2v) is 7.07. The van der Waals surface area contributed by atoms with E-state index in [1.807, 2.05) is 18.2 Å². The fourth-order valence-electron chi connectivity index (χ4n) is 4.21. The van der Waals surface area contributed by atoms with E-state index in [0.29, 0.717) is 12.3 Å². The minimum absolute atomic E-state index is 0.131. The van der Waals surface area contributed by atoms with E-state index in [4.69, 9.17) is 4.74 Å². The van der Waals surface area contributed by atoms with Crippen molar-refractivity contribution in [2.24, 2.45) is 0 Å². The van der Waals surface area contributed by atoms with Gasteiger partial charge in [0.1, 0.15) is 0 Å². The first kappa shape index (κ1) is 17.4. The van der Waals surface area contributed by atoms with Crippen LogP contribution < -0.4 is 0 Å². The minimum Gasteiger partial charge on any atom is -0.381 e. The third-order valence-corrected chi connectivity index (χ3v) is 5.64. The summed E-state index contributed by atoms with van der Waals surface area (Å²) in [5.41, 5.74) is 1.38. The van der Waals surface area contributed by atoms with E-state index >= 15 is 0 Å². The van der Waals surface area contributed by atoms with Crippen LogP contribution in [0.1, 0.15) is 38.2 Å².